The molecule has 3 rings (SSSR count). The fourth-order valence-electron chi connectivity index (χ4n) is 2.76. The lowest BCUT2D eigenvalue weighted by Gasteiger charge is -2.16. The first kappa shape index (κ1) is 17.4. The van der Waals surface area contributed by atoms with Crippen molar-refractivity contribution in [3.05, 3.63) is 77.9 Å². The van der Waals surface area contributed by atoms with E-state index in [1.807, 2.05) is 49.4 Å². The highest BCUT2D eigenvalue weighted by Crippen LogP contribution is 2.23. The summed E-state index contributed by atoms with van der Waals surface area (Å²) in [6, 6.07) is 19.6. The molecule has 0 bridgehead atoms. The zero-order valence-electron chi connectivity index (χ0n) is 14.2. The Morgan fingerprint density at radius 2 is 1.62 bits per heavy atom. The second kappa shape index (κ2) is 7.67. The van der Waals surface area contributed by atoms with Crippen LogP contribution < -0.4 is 16.1 Å². The second-order valence-electron chi connectivity index (χ2n) is 5.91. The summed E-state index contributed by atoms with van der Waals surface area (Å²) < 4.78 is 0. The Balaban J connectivity index is 1.68. The molecule has 0 aromatic heterocycles. The maximum absolute atomic E-state index is 12.3. The third kappa shape index (κ3) is 3.81. The quantitative estimate of drug-likeness (QED) is 0.426. The zero-order chi connectivity index (χ0) is 18.5. The number of carbonyl (C=O) groups is 2. The molecule has 1 atom stereocenters. The third-order valence-corrected chi connectivity index (χ3v) is 4.16. The van der Waals surface area contributed by atoms with Gasteiger partial charge in [-0.25, -0.2) is 10.3 Å². The molecule has 0 spiro atoms. The fourth-order valence-corrected chi connectivity index (χ4v) is 2.76. The van der Waals surface area contributed by atoms with E-state index in [0.29, 0.717) is 5.56 Å². The van der Waals surface area contributed by atoms with E-state index >= 15 is 0 Å². The lowest BCUT2D eigenvalue weighted by molar-refractivity contribution is 0.0706. The van der Waals surface area contributed by atoms with Crippen molar-refractivity contribution in [1.29, 1.82) is 0 Å². The van der Waals surface area contributed by atoms with Gasteiger partial charge in [0, 0.05) is 10.9 Å². The maximum atomic E-state index is 12.3. The molecule has 4 N–H and O–H groups in total. The van der Waals surface area contributed by atoms with Gasteiger partial charge < -0.3 is 10.6 Å². The average Bonchev–Trinajstić information content (AvgIpc) is 2.67. The molecule has 0 unspecified atom stereocenters. The van der Waals surface area contributed by atoms with Crippen molar-refractivity contribution in [2.45, 2.75) is 13.0 Å². The molecule has 3 aromatic carbocycles. The van der Waals surface area contributed by atoms with E-state index in [-0.39, 0.29) is 12.1 Å². The molecule has 0 radical (unpaired) electrons. The standard InChI is InChI=1S/C20H19N3O3/c1-13(14-9-11-16(12-10-14)19(24)23-26)21-20(25)22-18-8-4-6-15-5-2-3-7-17(15)18/h2-13,26H,1H3,(H,23,24)(H2,21,22,25)/t13-/m1/s1. The van der Waals surface area contributed by atoms with Crippen molar-refractivity contribution < 1.29 is 14.8 Å². The summed E-state index contributed by atoms with van der Waals surface area (Å²) in [5, 5.41) is 16.4. The van der Waals surface area contributed by atoms with Crippen molar-refractivity contribution in [3.63, 3.8) is 0 Å². The lowest BCUT2D eigenvalue weighted by Crippen LogP contribution is -2.31. The van der Waals surface area contributed by atoms with Gasteiger partial charge in [-0.2, -0.15) is 0 Å². The van der Waals surface area contributed by atoms with E-state index < -0.39 is 5.91 Å². The van der Waals surface area contributed by atoms with Crippen LogP contribution in [0.3, 0.4) is 0 Å². The molecule has 0 fully saturated rings. The van der Waals surface area contributed by atoms with Crippen molar-refractivity contribution in [2.75, 3.05) is 5.32 Å². The molecule has 0 aliphatic carbocycles. The number of amides is 3. The van der Waals surface area contributed by atoms with Crippen molar-refractivity contribution >= 4 is 28.4 Å². The van der Waals surface area contributed by atoms with Crippen LogP contribution in [0.1, 0.15) is 28.9 Å². The normalized spacial score (nSPS) is 11.6. The molecular formula is C20H19N3O3. The molecule has 0 saturated carbocycles. The highest BCUT2D eigenvalue weighted by Gasteiger charge is 2.12. The monoisotopic (exact) mass is 349 g/mol. The van der Waals surface area contributed by atoms with Crippen molar-refractivity contribution in [1.82, 2.24) is 10.8 Å². The number of urea groups is 1. The van der Waals surface area contributed by atoms with Crippen molar-refractivity contribution in [3.8, 4) is 0 Å². The maximum Gasteiger partial charge on any atom is 0.319 e. The van der Waals surface area contributed by atoms with E-state index in [1.54, 1.807) is 29.7 Å². The number of anilines is 1. The number of benzene rings is 3. The molecule has 0 aliphatic heterocycles. The third-order valence-electron chi connectivity index (χ3n) is 4.16. The fraction of sp³-hybridized carbons (Fsp3) is 0.100. The van der Waals surface area contributed by atoms with Crippen LogP contribution in [0.25, 0.3) is 10.8 Å². The molecule has 0 heterocycles. The van der Waals surface area contributed by atoms with Crippen LogP contribution in [0.15, 0.2) is 66.7 Å². The molecule has 0 aliphatic rings. The molecule has 26 heavy (non-hydrogen) atoms. The number of nitrogens with one attached hydrogen (secondary N) is 3. The van der Waals surface area contributed by atoms with Crippen molar-refractivity contribution in [2.24, 2.45) is 0 Å². The topological polar surface area (TPSA) is 90.5 Å². The van der Waals surface area contributed by atoms with E-state index in [0.717, 1.165) is 22.0 Å². The van der Waals surface area contributed by atoms with Gasteiger partial charge >= 0.3 is 6.03 Å². The predicted octanol–water partition coefficient (Wildman–Crippen LogP) is 3.84. The summed E-state index contributed by atoms with van der Waals surface area (Å²) in [5.41, 5.74) is 3.50. The van der Waals surface area contributed by atoms with Gasteiger partial charge in [0.15, 0.2) is 0 Å². The first-order chi connectivity index (χ1) is 12.6. The molecule has 0 saturated heterocycles. The van der Waals surface area contributed by atoms with Gasteiger partial charge in [-0.15, -0.1) is 0 Å². The highest BCUT2D eigenvalue weighted by molar-refractivity contribution is 6.01. The minimum Gasteiger partial charge on any atom is -0.331 e. The Labute approximate surface area is 150 Å². The highest BCUT2D eigenvalue weighted by atomic mass is 16.5. The lowest BCUT2D eigenvalue weighted by atomic mass is 10.1. The van der Waals surface area contributed by atoms with Crippen LogP contribution in [0.2, 0.25) is 0 Å². The van der Waals surface area contributed by atoms with Crippen LogP contribution in [-0.2, 0) is 0 Å². The van der Waals surface area contributed by atoms with Crippen LogP contribution in [-0.4, -0.2) is 17.1 Å². The van der Waals surface area contributed by atoms with Gasteiger partial charge in [0.1, 0.15) is 0 Å². The molecule has 6 nitrogen and oxygen atoms in total. The summed E-state index contributed by atoms with van der Waals surface area (Å²) in [4.78, 5) is 23.7. The number of fused-ring (bicyclic) bond motifs is 1. The van der Waals surface area contributed by atoms with Gasteiger partial charge in [-0.05, 0) is 36.1 Å². The Hall–Kier alpha value is -3.38. The van der Waals surface area contributed by atoms with E-state index in [1.165, 1.54) is 0 Å². The second-order valence-corrected chi connectivity index (χ2v) is 5.91. The number of rotatable bonds is 4. The molecule has 6 heteroatoms. The molecular weight excluding hydrogens is 330 g/mol. The minimum absolute atomic E-state index is 0.254. The number of carbonyl (C=O) groups excluding carboxylic acids is 2. The van der Waals surface area contributed by atoms with Gasteiger partial charge in [0.2, 0.25) is 0 Å². The summed E-state index contributed by atoms with van der Waals surface area (Å²) in [7, 11) is 0. The molecule has 132 valence electrons. The summed E-state index contributed by atoms with van der Waals surface area (Å²) in [5.74, 6) is -0.578. The summed E-state index contributed by atoms with van der Waals surface area (Å²) in [6.07, 6.45) is 0. The van der Waals surface area contributed by atoms with Crippen LogP contribution >= 0.6 is 0 Å². The predicted molar refractivity (Wildman–Crippen MR) is 100 cm³/mol. The smallest absolute Gasteiger partial charge is 0.319 e. The first-order valence-corrected chi connectivity index (χ1v) is 8.18. The molecule has 3 amide bonds. The van der Waals surface area contributed by atoms with Crippen LogP contribution in [0, 0.1) is 0 Å². The number of hydrogen-bond acceptors (Lipinski definition) is 3. The number of hydroxylamine groups is 1. The van der Waals surface area contributed by atoms with Gasteiger partial charge in [-0.1, -0.05) is 48.5 Å². The van der Waals surface area contributed by atoms with Gasteiger partial charge in [0.25, 0.3) is 5.91 Å². The van der Waals surface area contributed by atoms with Gasteiger partial charge in [-0.3, -0.25) is 10.0 Å². The zero-order valence-corrected chi connectivity index (χ0v) is 14.2. The van der Waals surface area contributed by atoms with E-state index in [2.05, 4.69) is 10.6 Å². The van der Waals surface area contributed by atoms with E-state index in [4.69, 9.17) is 5.21 Å². The van der Waals surface area contributed by atoms with Gasteiger partial charge in [0.05, 0.1) is 11.7 Å². The Bertz CT molecular complexity index is 933. The number of hydrogen-bond donors (Lipinski definition) is 4. The Kier molecular flexibility index (Phi) is 5.15. The SMILES string of the molecule is C[C@@H](NC(=O)Nc1cccc2ccccc12)c1ccc(C(=O)NO)cc1. The molecule has 3 aromatic rings. The largest absolute Gasteiger partial charge is 0.331 e. The minimum atomic E-state index is -0.578. The van der Waals surface area contributed by atoms with E-state index in [9.17, 15) is 9.59 Å². The van der Waals surface area contributed by atoms with Crippen LogP contribution in [0.5, 0.6) is 0 Å². The van der Waals surface area contributed by atoms with Crippen LogP contribution in [0.4, 0.5) is 10.5 Å². The Morgan fingerprint density at radius 3 is 2.35 bits per heavy atom. The first-order valence-electron chi connectivity index (χ1n) is 8.18. The summed E-state index contributed by atoms with van der Waals surface area (Å²) >= 11 is 0. The summed E-state index contributed by atoms with van der Waals surface area (Å²) in [6.45, 7) is 1.85. The average molecular weight is 349 g/mol. The Morgan fingerprint density at radius 1 is 0.923 bits per heavy atom.